The fourth-order valence-electron chi connectivity index (χ4n) is 2.75. The van der Waals surface area contributed by atoms with Crippen molar-refractivity contribution in [3.63, 3.8) is 0 Å². The number of anilines is 1. The third kappa shape index (κ3) is 3.12. The lowest BCUT2D eigenvalue weighted by molar-refractivity contribution is 0.0988. The van der Waals surface area contributed by atoms with Gasteiger partial charge in [-0.25, -0.2) is 0 Å². The summed E-state index contributed by atoms with van der Waals surface area (Å²) in [5.74, 6) is 1.87. The molecule has 2 rings (SSSR count). The van der Waals surface area contributed by atoms with E-state index in [4.69, 9.17) is 0 Å². The fourth-order valence-corrected chi connectivity index (χ4v) is 2.75. The van der Waals surface area contributed by atoms with Gasteiger partial charge >= 0.3 is 0 Å². The Bertz CT molecular complexity index is 396. The van der Waals surface area contributed by atoms with Crippen LogP contribution in [0.2, 0.25) is 0 Å². The van der Waals surface area contributed by atoms with E-state index in [1.807, 2.05) is 31.2 Å². The molecular formula is C16H23NO. The molecule has 1 aromatic rings. The molecule has 1 aliphatic rings. The summed E-state index contributed by atoms with van der Waals surface area (Å²) in [5, 5.41) is 3.49. The van der Waals surface area contributed by atoms with Crippen LogP contribution < -0.4 is 5.32 Å². The van der Waals surface area contributed by atoms with Crippen LogP contribution in [0.25, 0.3) is 0 Å². The molecule has 1 N–H and O–H groups in total. The van der Waals surface area contributed by atoms with Crippen LogP contribution in [0, 0.1) is 11.8 Å². The van der Waals surface area contributed by atoms with Crippen molar-refractivity contribution < 1.29 is 4.79 Å². The Morgan fingerprint density at radius 2 is 2.00 bits per heavy atom. The van der Waals surface area contributed by atoms with E-state index >= 15 is 0 Å². The lowest BCUT2D eigenvalue weighted by Crippen LogP contribution is -2.16. The lowest BCUT2D eigenvalue weighted by atomic mass is 9.98. The maximum atomic E-state index is 11.5. The van der Waals surface area contributed by atoms with Crippen molar-refractivity contribution in [1.82, 2.24) is 0 Å². The van der Waals surface area contributed by atoms with Crippen LogP contribution in [0.5, 0.6) is 0 Å². The summed E-state index contributed by atoms with van der Waals surface area (Å²) >= 11 is 0. The van der Waals surface area contributed by atoms with Gasteiger partial charge in [0.25, 0.3) is 0 Å². The van der Waals surface area contributed by atoms with Gasteiger partial charge in [-0.2, -0.15) is 0 Å². The molecule has 0 bridgehead atoms. The third-order valence-electron chi connectivity index (χ3n) is 4.14. The molecule has 18 heavy (non-hydrogen) atoms. The molecule has 1 aromatic carbocycles. The van der Waals surface area contributed by atoms with E-state index in [0.29, 0.717) is 6.42 Å². The summed E-state index contributed by atoms with van der Waals surface area (Å²) in [4.78, 5) is 11.5. The molecular weight excluding hydrogens is 222 g/mol. The van der Waals surface area contributed by atoms with Crippen molar-refractivity contribution in [3.05, 3.63) is 29.8 Å². The largest absolute Gasteiger partial charge is 0.385 e. The maximum absolute atomic E-state index is 11.5. The van der Waals surface area contributed by atoms with E-state index in [1.54, 1.807) is 0 Å². The van der Waals surface area contributed by atoms with Gasteiger partial charge in [0.05, 0.1) is 0 Å². The number of benzene rings is 1. The first-order chi connectivity index (χ1) is 8.70. The molecule has 0 heterocycles. The van der Waals surface area contributed by atoms with E-state index in [2.05, 4.69) is 12.2 Å². The Morgan fingerprint density at radius 1 is 1.28 bits per heavy atom. The Labute approximate surface area is 110 Å². The Balaban J connectivity index is 1.88. The van der Waals surface area contributed by atoms with Crippen molar-refractivity contribution in [3.8, 4) is 0 Å². The van der Waals surface area contributed by atoms with Gasteiger partial charge < -0.3 is 5.32 Å². The highest BCUT2D eigenvalue weighted by molar-refractivity contribution is 5.96. The predicted molar refractivity (Wildman–Crippen MR) is 76.1 cm³/mol. The fraction of sp³-hybridized carbons (Fsp3) is 0.562. The predicted octanol–water partition coefficient (Wildman–Crippen LogP) is 4.13. The lowest BCUT2D eigenvalue weighted by Gasteiger charge is -2.16. The highest BCUT2D eigenvalue weighted by atomic mass is 16.1. The van der Waals surface area contributed by atoms with Crippen LogP contribution in [0.1, 0.15) is 49.9 Å². The third-order valence-corrected chi connectivity index (χ3v) is 4.14. The van der Waals surface area contributed by atoms with Gasteiger partial charge in [-0.1, -0.05) is 26.7 Å². The van der Waals surface area contributed by atoms with E-state index in [0.717, 1.165) is 29.6 Å². The van der Waals surface area contributed by atoms with Gasteiger partial charge in [0.1, 0.15) is 0 Å². The summed E-state index contributed by atoms with van der Waals surface area (Å²) < 4.78 is 0. The number of rotatable bonds is 5. The van der Waals surface area contributed by atoms with E-state index in [9.17, 15) is 4.79 Å². The zero-order valence-corrected chi connectivity index (χ0v) is 11.4. The minimum Gasteiger partial charge on any atom is -0.385 e. The number of hydrogen-bond donors (Lipinski definition) is 1. The molecule has 1 aliphatic carbocycles. The molecule has 0 aliphatic heterocycles. The molecule has 2 unspecified atom stereocenters. The van der Waals surface area contributed by atoms with Crippen molar-refractivity contribution in [2.75, 3.05) is 11.9 Å². The average molecular weight is 245 g/mol. The summed E-state index contributed by atoms with van der Waals surface area (Å²) in [6.07, 6.45) is 4.67. The summed E-state index contributed by atoms with van der Waals surface area (Å²) in [7, 11) is 0. The normalized spacial score (nSPS) is 23.0. The van der Waals surface area contributed by atoms with Gasteiger partial charge in [-0.3, -0.25) is 4.79 Å². The molecule has 98 valence electrons. The molecule has 1 saturated carbocycles. The summed E-state index contributed by atoms with van der Waals surface area (Å²) in [5.41, 5.74) is 1.94. The molecule has 0 saturated heterocycles. The highest BCUT2D eigenvalue weighted by Gasteiger charge is 2.22. The first-order valence-corrected chi connectivity index (χ1v) is 7.08. The second kappa shape index (κ2) is 6.03. The van der Waals surface area contributed by atoms with Crippen LogP contribution in [-0.2, 0) is 0 Å². The van der Waals surface area contributed by atoms with Crippen molar-refractivity contribution >= 4 is 11.5 Å². The number of nitrogens with one attached hydrogen (secondary N) is 1. The van der Waals surface area contributed by atoms with Gasteiger partial charge in [0, 0.05) is 24.2 Å². The average Bonchev–Trinajstić information content (AvgIpc) is 2.81. The minimum absolute atomic E-state index is 0.214. The number of hydrogen-bond acceptors (Lipinski definition) is 2. The maximum Gasteiger partial charge on any atom is 0.162 e. The first kappa shape index (κ1) is 13.1. The molecule has 0 amide bonds. The Kier molecular flexibility index (Phi) is 4.40. The molecule has 0 spiro atoms. The van der Waals surface area contributed by atoms with Gasteiger partial charge in [0.15, 0.2) is 5.78 Å². The van der Waals surface area contributed by atoms with E-state index in [-0.39, 0.29) is 5.78 Å². The van der Waals surface area contributed by atoms with Crippen LogP contribution in [0.4, 0.5) is 5.69 Å². The van der Waals surface area contributed by atoms with Crippen LogP contribution in [0.3, 0.4) is 0 Å². The quantitative estimate of drug-likeness (QED) is 0.790. The molecule has 1 fully saturated rings. The van der Waals surface area contributed by atoms with Crippen LogP contribution >= 0.6 is 0 Å². The Morgan fingerprint density at radius 3 is 2.56 bits per heavy atom. The van der Waals surface area contributed by atoms with Gasteiger partial charge in [-0.05, 0) is 42.5 Å². The second-order valence-corrected chi connectivity index (χ2v) is 5.40. The highest BCUT2D eigenvalue weighted by Crippen LogP contribution is 2.31. The van der Waals surface area contributed by atoms with Crippen molar-refractivity contribution in [1.29, 1.82) is 0 Å². The van der Waals surface area contributed by atoms with E-state index in [1.165, 1.54) is 19.3 Å². The monoisotopic (exact) mass is 245 g/mol. The first-order valence-electron chi connectivity index (χ1n) is 7.08. The number of ketones is 1. The molecule has 2 atom stereocenters. The number of Topliss-reactive ketones (excluding diaryl/α,β-unsaturated/α-hetero) is 1. The standard InChI is InChI=1S/C16H23NO/c1-3-16(18)13-7-9-15(10-8-13)17-11-14-6-4-5-12(14)2/h7-10,12,14,17H,3-6,11H2,1-2H3. The van der Waals surface area contributed by atoms with Gasteiger partial charge in [0.2, 0.25) is 0 Å². The zero-order valence-electron chi connectivity index (χ0n) is 11.4. The van der Waals surface area contributed by atoms with Crippen LogP contribution in [-0.4, -0.2) is 12.3 Å². The molecule has 2 nitrogen and oxygen atoms in total. The topological polar surface area (TPSA) is 29.1 Å². The van der Waals surface area contributed by atoms with Crippen molar-refractivity contribution in [2.45, 2.75) is 39.5 Å². The molecule has 0 aromatic heterocycles. The second-order valence-electron chi connectivity index (χ2n) is 5.40. The zero-order chi connectivity index (χ0) is 13.0. The SMILES string of the molecule is CCC(=O)c1ccc(NCC2CCCC2C)cc1. The molecule has 0 radical (unpaired) electrons. The minimum atomic E-state index is 0.214. The number of carbonyl (C=O) groups excluding carboxylic acids is 1. The smallest absolute Gasteiger partial charge is 0.162 e. The Hall–Kier alpha value is -1.31. The van der Waals surface area contributed by atoms with E-state index < -0.39 is 0 Å². The summed E-state index contributed by atoms with van der Waals surface area (Å²) in [6, 6.07) is 7.88. The van der Waals surface area contributed by atoms with Gasteiger partial charge in [-0.15, -0.1) is 0 Å². The van der Waals surface area contributed by atoms with Crippen molar-refractivity contribution in [2.24, 2.45) is 11.8 Å². The van der Waals surface area contributed by atoms with Crippen LogP contribution in [0.15, 0.2) is 24.3 Å². The number of carbonyl (C=O) groups is 1. The summed E-state index contributed by atoms with van der Waals surface area (Å²) in [6.45, 7) is 5.31. The molecule has 2 heteroatoms.